The van der Waals surface area contributed by atoms with Gasteiger partial charge in [-0.2, -0.15) is 13.2 Å². The summed E-state index contributed by atoms with van der Waals surface area (Å²) >= 11 is 0. The molecule has 0 unspecified atom stereocenters. The number of rotatable bonds is 3. The Balaban J connectivity index is 1.99. The molecule has 141 valence electrons. The number of carbonyl (C=O) groups excluding carboxylic acids is 1. The first-order valence-electron chi connectivity index (χ1n) is 8.34. The molecule has 7 heteroatoms. The van der Waals surface area contributed by atoms with E-state index in [0.29, 0.717) is 21.9 Å². The van der Waals surface area contributed by atoms with E-state index in [-0.39, 0.29) is 17.6 Å². The Morgan fingerprint density at radius 1 is 1.11 bits per heavy atom. The van der Waals surface area contributed by atoms with E-state index in [2.05, 4.69) is 6.07 Å². The first-order valence-corrected chi connectivity index (χ1v) is 8.34. The lowest BCUT2D eigenvalue weighted by atomic mass is 10.1. The average Bonchev–Trinajstić information content (AvgIpc) is 2.96. The monoisotopic (exact) mass is 385 g/mol. The smallest absolute Gasteiger partial charge is 0.366 e. The lowest BCUT2D eigenvalue weighted by molar-refractivity contribution is -0.137. The Kier molecular flexibility index (Phi) is 4.10. The van der Waals surface area contributed by atoms with Gasteiger partial charge in [0.05, 0.1) is 16.6 Å². The maximum atomic E-state index is 14.7. The number of benzene rings is 3. The topological polar surface area (TPSA) is 48.0 Å². The van der Waals surface area contributed by atoms with Crippen molar-refractivity contribution in [1.29, 1.82) is 0 Å². The molecular formula is C21H13F4N2O. The molecule has 0 saturated heterocycles. The highest BCUT2D eigenvalue weighted by Gasteiger charge is 2.30. The summed E-state index contributed by atoms with van der Waals surface area (Å²) < 4.78 is 55.3. The molecule has 1 heterocycles. The molecule has 0 saturated carbocycles. The molecule has 0 aliphatic rings. The Bertz CT molecular complexity index is 1220. The maximum absolute atomic E-state index is 14.7. The number of hydrogen-bond acceptors (Lipinski definition) is 1. The van der Waals surface area contributed by atoms with E-state index in [1.807, 2.05) is 0 Å². The highest BCUT2D eigenvalue weighted by molar-refractivity contribution is 6.17. The van der Waals surface area contributed by atoms with E-state index >= 15 is 0 Å². The van der Waals surface area contributed by atoms with Crippen LogP contribution in [-0.4, -0.2) is 10.5 Å². The van der Waals surface area contributed by atoms with Gasteiger partial charge < -0.3 is 10.3 Å². The zero-order chi connectivity index (χ0) is 20.1. The van der Waals surface area contributed by atoms with E-state index in [9.17, 15) is 22.4 Å². The molecule has 4 aromatic rings. The van der Waals surface area contributed by atoms with Crippen LogP contribution in [0.3, 0.4) is 0 Å². The predicted octanol–water partition coefficient (Wildman–Crippen LogP) is 4.90. The van der Waals surface area contributed by atoms with Crippen LogP contribution in [0.1, 0.15) is 21.5 Å². The summed E-state index contributed by atoms with van der Waals surface area (Å²) in [6.07, 6.45) is -4.48. The third-order valence-electron chi connectivity index (χ3n) is 4.63. The number of nitrogens with zero attached hydrogens (tertiary/aromatic N) is 1. The fraction of sp³-hybridized carbons (Fsp3) is 0.0952. The van der Waals surface area contributed by atoms with Crippen molar-refractivity contribution < 1.29 is 22.4 Å². The molecule has 3 nitrogen and oxygen atoms in total. The van der Waals surface area contributed by atoms with Crippen molar-refractivity contribution in [2.45, 2.75) is 12.7 Å². The molecule has 0 bridgehead atoms. The van der Waals surface area contributed by atoms with Gasteiger partial charge in [-0.25, -0.2) is 4.39 Å². The van der Waals surface area contributed by atoms with Crippen LogP contribution in [0.2, 0.25) is 0 Å². The summed E-state index contributed by atoms with van der Waals surface area (Å²) in [6.45, 7) is -0.0130. The second kappa shape index (κ2) is 6.37. The van der Waals surface area contributed by atoms with Crippen molar-refractivity contribution in [2.24, 2.45) is 5.73 Å². The molecule has 2 N–H and O–H groups in total. The van der Waals surface area contributed by atoms with E-state index in [4.69, 9.17) is 5.73 Å². The van der Waals surface area contributed by atoms with Crippen LogP contribution in [0.4, 0.5) is 17.6 Å². The van der Waals surface area contributed by atoms with Crippen molar-refractivity contribution in [3.05, 3.63) is 83.2 Å². The van der Waals surface area contributed by atoms with Crippen LogP contribution < -0.4 is 5.73 Å². The van der Waals surface area contributed by atoms with E-state index in [1.165, 1.54) is 30.3 Å². The number of halogens is 4. The summed E-state index contributed by atoms with van der Waals surface area (Å²) in [6, 6.07) is 15.2. The number of alkyl halides is 3. The summed E-state index contributed by atoms with van der Waals surface area (Å²) in [5.41, 5.74) is 5.87. The van der Waals surface area contributed by atoms with Crippen LogP contribution in [0.5, 0.6) is 0 Å². The third kappa shape index (κ3) is 2.89. The summed E-state index contributed by atoms with van der Waals surface area (Å²) in [4.78, 5) is 11.8. The fourth-order valence-electron chi connectivity index (χ4n) is 3.47. The van der Waals surface area contributed by atoms with Crippen molar-refractivity contribution >= 4 is 27.7 Å². The van der Waals surface area contributed by atoms with Crippen LogP contribution in [0.25, 0.3) is 21.8 Å². The number of carbonyl (C=O) groups is 1. The average molecular weight is 385 g/mol. The predicted molar refractivity (Wildman–Crippen MR) is 97.3 cm³/mol. The minimum Gasteiger partial charge on any atom is -0.366 e. The largest absolute Gasteiger partial charge is 0.416 e. The zero-order valence-corrected chi connectivity index (χ0v) is 14.3. The molecule has 1 amide bonds. The number of hydrogen-bond donors (Lipinski definition) is 1. The van der Waals surface area contributed by atoms with Gasteiger partial charge in [-0.1, -0.05) is 24.3 Å². The summed E-state index contributed by atoms with van der Waals surface area (Å²) in [5, 5.41) is 0.785. The molecule has 0 aliphatic heterocycles. The summed E-state index contributed by atoms with van der Waals surface area (Å²) in [5.74, 6) is -1.24. The van der Waals surface area contributed by atoms with Crippen LogP contribution in [-0.2, 0) is 12.7 Å². The second-order valence-electron chi connectivity index (χ2n) is 6.40. The lowest BCUT2D eigenvalue weighted by Gasteiger charge is -2.11. The number of fused-ring (bicyclic) bond motifs is 3. The van der Waals surface area contributed by atoms with Gasteiger partial charge in [0.2, 0.25) is 5.91 Å². The van der Waals surface area contributed by atoms with Crippen molar-refractivity contribution in [1.82, 2.24) is 4.57 Å². The van der Waals surface area contributed by atoms with Gasteiger partial charge in [-0.15, -0.1) is 0 Å². The molecule has 0 atom stereocenters. The van der Waals surface area contributed by atoms with Crippen molar-refractivity contribution in [3.8, 4) is 0 Å². The molecule has 28 heavy (non-hydrogen) atoms. The Morgan fingerprint density at radius 3 is 2.57 bits per heavy atom. The van der Waals surface area contributed by atoms with Crippen LogP contribution in [0, 0.1) is 11.9 Å². The first kappa shape index (κ1) is 18.0. The van der Waals surface area contributed by atoms with E-state index < -0.39 is 23.5 Å². The van der Waals surface area contributed by atoms with E-state index in [0.717, 1.165) is 12.1 Å². The highest BCUT2D eigenvalue weighted by atomic mass is 19.4. The minimum absolute atomic E-state index is 0.0130. The molecule has 3 aromatic carbocycles. The van der Waals surface area contributed by atoms with Gasteiger partial charge in [0.25, 0.3) is 0 Å². The fourth-order valence-corrected chi connectivity index (χ4v) is 3.47. The molecule has 1 aromatic heterocycles. The Morgan fingerprint density at radius 2 is 1.86 bits per heavy atom. The molecule has 0 aliphatic carbocycles. The number of aromatic nitrogens is 1. The molecule has 0 spiro atoms. The molecule has 1 radical (unpaired) electrons. The Labute approximate surface area is 157 Å². The van der Waals surface area contributed by atoms with Crippen LogP contribution >= 0.6 is 0 Å². The minimum atomic E-state index is -4.48. The SMILES string of the molecule is NC(=O)c1cccc2c1c1[c]ccc(F)c1n2Cc1cccc(C(F)(F)F)c1. The highest BCUT2D eigenvalue weighted by Crippen LogP contribution is 2.34. The third-order valence-corrected chi connectivity index (χ3v) is 4.63. The second-order valence-corrected chi connectivity index (χ2v) is 6.40. The van der Waals surface area contributed by atoms with Crippen molar-refractivity contribution in [2.75, 3.05) is 0 Å². The van der Waals surface area contributed by atoms with Crippen molar-refractivity contribution in [3.63, 3.8) is 0 Å². The normalized spacial score (nSPS) is 12.0. The number of amides is 1. The van der Waals surface area contributed by atoms with E-state index in [1.54, 1.807) is 16.7 Å². The van der Waals surface area contributed by atoms with Gasteiger partial charge in [-0.3, -0.25) is 4.79 Å². The van der Waals surface area contributed by atoms with Crippen LogP contribution in [0.15, 0.2) is 54.6 Å². The summed E-state index contributed by atoms with van der Waals surface area (Å²) in [7, 11) is 0. The number of primary amides is 1. The lowest BCUT2D eigenvalue weighted by Crippen LogP contribution is -2.11. The van der Waals surface area contributed by atoms with Gasteiger partial charge >= 0.3 is 6.18 Å². The maximum Gasteiger partial charge on any atom is 0.416 e. The van der Waals surface area contributed by atoms with Gasteiger partial charge in [0.15, 0.2) is 0 Å². The van der Waals surface area contributed by atoms with Gasteiger partial charge in [-0.05, 0) is 42.0 Å². The molecular weight excluding hydrogens is 372 g/mol. The Hall–Kier alpha value is -3.35. The first-order chi connectivity index (χ1) is 13.3. The standard InChI is InChI=1S/C21H13F4N2O/c22-16-8-2-6-14-18-15(20(26)28)7-3-9-17(18)27(19(14)16)11-12-4-1-5-13(10-12)21(23,24)25/h1-5,7-10H,11H2,(H2,26,28). The van der Waals surface area contributed by atoms with Gasteiger partial charge in [0.1, 0.15) is 5.82 Å². The number of nitrogens with two attached hydrogens (primary N) is 1. The quantitative estimate of drug-likeness (QED) is 0.501. The molecule has 0 fully saturated rings. The zero-order valence-electron chi connectivity index (χ0n) is 14.3. The molecule has 4 rings (SSSR count). The van der Waals surface area contributed by atoms with Gasteiger partial charge in [0, 0.05) is 22.9 Å².